The molecule has 1 saturated heterocycles. The molecule has 1 aromatic heterocycles. The smallest absolute Gasteiger partial charge is 0.321 e. The number of carbonyl (C=O) groups is 2. The molecule has 32 heavy (non-hydrogen) atoms. The maximum Gasteiger partial charge on any atom is 0.321 e. The molecule has 7 nitrogen and oxygen atoms in total. The van der Waals surface area contributed by atoms with E-state index in [1.54, 1.807) is 28.8 Å². The molecule has 1 aliphatic heterocycles. The Morgan fingerprint density at radius 2 is 1.66 bits per heavy atom. The first-order valence-corrected chi connectivity index (χ1v) is 10.8. The fourth-order valence-corrected chi connectivity index (χ4v) is 3.80. The van der Waals surface area contributed by atoms with Crippen LogP contribution in [-0.2, 0) is 13.6 Å². The van der Waals surface area contributed by atoms with E-state index in [0.717, 1.165) is 24.2 Å². The topological polar surface area (TPSA) is 75.6 Å². The molecule has 1 aliphatic rings. The van der Waals surface area contributed by atoms with Gasteiger partial charge in [0, 0.05) is 45.7 Å². The summed E-state index contributed by atoms with van der Waals surface area (Å²) in [5.41, 5.74) is 2.12. The van der Waals surface area contributed by atoms with E-state index in [0.29, 0.717) is 31.0 Å². The molecule has 166 valence electrons. The number of hydrogen-bond donors (Lipinski definition) is 2. The minimum Gasteiger partial charge on any atom is -0.490 e. The average molecular weight is 433 g/mol. The van der Waals surface area contributed by atoms with Gasteiger partial charge in [0.15, 0.2) is 0 Å². The molecule has 0 saturated carbocycles. The number of para-hydroxylation sites is 1. The van der Waals surface area contributed by atoms with Crippen LogP contribution >= 0.6 is 0 Å². The third-order valence-corrected chi connectivity index (χ3v) is 5.56. The molecule has 2 N–H and O–H groups in total. The highest BCUT2D eigenvalue weighted by atomic mass is 16.5. The summed E-state index contributed by atoms with van der Waals surface area (Å²) in [6.07, 6.45) is 3.42. The fourth-order valence-electron chi connectivity index (χ4n) is 3.80. The lowest BCUT2D eigenvalue weighted by Crippen LogP contribution is -2.43. The Balaban J connectivity index is 1.27. The number of ether oxygens (including phenoxy) is 1. The van der Waals surface area contributed by atoms with Crippen molar-refractivity contribution in [1.29, 1.82) is 0 Å². The van der Waals surface area contributed by atoms with Gasteiger partial charge in [0.25, 0.3) is 5.91 Å². The molecule has 7 heteroatoms. The van der Waals surface area contributed by atoms with Crippen molar-refractivity contribution in [3.63, 3.8) is 0 Å². The van der Waals surface area contributed by atoms with Crippen molar-refractivity contribution in [2.75, 3.05) is 18.4 Å². The van der Waals surface area contributed by atoms with E-state index >= 15 is 0 Å². The summed E-state index contributed by atoms with van der Waals surface area (Å²) in [7, 11) is 1.79. The number of urea groups is 1. The average Bonchev–Trinajstić information content (AvgIpc) is 3.19. The van der Waals surface area contributed by atoms with Crippen molar-refractivity contribution in [1.82, 2.24) is 14.8 Å². The van der Waals surface area contributed by atoms with E-state index in [2.05, 4.69) is 10.6 Å². The summed E-state index contributed by atoms with van der Waals surface area (Å²) in [6, 6.07) is 21.0. The minimum absolute atomic E-state index is 0.109. The van der Waals surface area contributed by atoms with Gasteiger partial charge in [-0.25, -0.2) is 4.79 Å². The molecule has 0 unspecified atom stereocenters. The zero-order valence-corrected chi connectivity index (χ0v) is 18.2. The number of hydrogen-bond acceptors (Lipinski definition) is 3. The second-order valence-corrected chi connectivity index (χ2v) is 7.94. The van der Waals surface area contributed by atoms with Crippen LogP contribution in [0.4, 0.5) is 10.5 Å². The van der Waals surface area contributed by atoms with Gasteiger partial charge in [0.05, 0.1) is 5.69 Å². The first-order chi connectivity index (χ1) is 15.6. The van der Waals surface area contributed by atoms with Crippen LogP contribution in [0.3, 0.4) is 0 Å². The highest BCUT2D eigenvalue weighted by molar-refractivity contribution is 5.96. The second-order valence-electron chi connectivity index (χ2n) is 7.94. The third-order valence-electron chi connectivity index (χ3n) is 5.56. The molecular formula is C25H28N4O3. The molecule has 0 atom stereocenters. The quantitative estimate of drug-likeness (QED) is 0.618. The number of nitrogens with zero attached hydrogens (tertiary/aromatic N) is 2. The van der Waals surface area contributed by atoms with Crippen molar-refractivity contribution in [2.24, 2.45) is 7.05 Å². The van der Waals surface area contributed by atoms with E-state index < -0.39 is 0 Å². The van der Waals surface area contributed by atoms with Crippen molar-refractivity contribution < 1.29 is 14.3 Å². The summed E-state index contributed by atoms with van der Waals surface area (Å²) in [4.78, 5) is 27.0. The molecule has 3 aromatic rings. The molecule has 0 radical (unpaired) electrons. The zero-order valence-electron chi connectivity index (χ0n) is 18.2. The molecule has 2 heterocycles. The lowest BCUT2D eigenvalue weighted by molar-refractivity contribution is 0.0942. The van der Waals surface area contributed by atoms with Crippen LogP contribution in [0.25, 0.3) is 0 Å². The van der Waals surface area contributed by atoms with Gasteiger partial charge in [0.2, 0.25) is 0 Å². The summed E-state index contributed by atoms with van der Waals surface area (Å²) in [6.45, 7) is 1.70. The number of anilines is 1. The third kappa shape index (κ3) is 5.49. The van der Waals surface area contributed by atoms with Crippen LogP contribution in [0.5, 0.6) is 5.75 Å². The number of carbonyl (C=O) groups excluding carboxylic acids is 2. The summed E-state index contributed by atoms with van der Waals surface area (Å²) in [5.74, 6) is 0.675. The van der Waals surface area contributed by atoms with Gasteiger partial charge in [-0.1, -0.05) is 48.5 Å². The van der Waals surface area contributed by atoms with Crippen LogP contribution < -0.4 is 15.4 Å². The maximum atomic E-state index is 12.7. The largest absolute Gasteiger partial charge is 0.490 e. The van der Waals surface area contributed by atoms with Crippen molar-refractivity contribution in [2.45, 2.75) is 25.5 Å². The molecule has 4 rings (SSSR count). The fraction of sp³-hybridized carbons (Fsp3) is 0.280. The highest BCUT2D eigenvalue weighted by Crippen LogP contribution is 2.20. The van der Waals surface area contributed by atoms with Gasteiger partial charge in [-0.2, -0.15) is 0 Å². The van der Waals surface area contributed by atoms with Crippen molar-refractivity contribution in [3.8, 4) is 5.75 Å². The number of nitrogens with one attached hydrogen (secondary N) is 2. The SMILES string of the molecule is Cn1cc(NC(=O)N2CCC(Oc3ccccc3)CC2)cc1C(=O)NCc1ccccc1. The molecule has 0 bridgehead atoms. The number of benzene rings is 2. The highest BCUT2D eigenvalue weighted by Gasteiger charge is 2.24. The van der Waals surface area contributed by atoms with Crippen LogP contribution in [0.2, 0.25) is 0 Å². The molecule has 3 amide bonds. The second kappa shape index (κ2) is 10.0. The van der Waals surface area contributed by atoms with Crippen molar-refractivity contribution >= 4 is 17.6 Å². The van der Waals surface area contributed by atoms with Gasteiger partial charge in [-0.05, 0) is 23.8 Å². The predicted octanol–water partition coefficient (Wildman–Crippen LogP) is 4.03. The Morgan fingerprint density at radius 1 is 1.00 bits per heavy atom. The summed E-state index contributed by atoms with van der Waals surface area (Å²) < 4.78 is 7.71. The van der Waals surface area contributed by atoms with Gasteiger partial charge >= 0.3 is 6.03 Å². The number of rotatable bonds is 6. The van der Waals surface area contributed by atoms with E-state index in [9.17, 15) is 9.59 Å². The molecule has 1 fully saturated rings. The van der Waals surface area contributed by atoms with Crippen LogP contribution in [0.15, 0.2) is 72.9 Å². The summed E-state index contributed by atoms with van der Waals surface area (Å²) in [5, 5.41) is 5.83. The van der Waals surface area contributed by atoms with Gasteiger partial charge in [-0.3, -0.25) is 4.79 Å². The molecule has 0 aliphatic carbocycles. The number of aromatic nitrogens is 1. The van der Waals surface area contributed by atoms with Gasteiger partial charge in [-0.15, -0.1) is 0 Å². The zero-order chi connectivity index (χ0) is 22.3. The molecule has 2 aromatic carbocycles. The maximum absolute atomic E-state index is 12.7. The van der Waals surface area contributed by atoms with Crippen LogP contribution in [0, 0.1) is 0 Å². The lowest BCUT2D eigenvalue weighted by Gasteiger charge is -2.32. The number of amides is 3. The molecular weight excluding hydrogens is 404 g/mol. The van der Waals surface area contributed by atoms with Gasteiger partial charge in [0.1, 0.15) is 17.5 Å². The normalized spacial score (nSPS) is 14.1. The predicted molar refractivity (Wildman–Crippen MR) is 124 cm³/mol. The van der Waals surface area contributed by atoms with Crippen LogP contribution in [0.1, 0.15) is 28.9 Å². The van der Waals surface area contributed by atoms with E-state index in [1.807, 2.05) is 60.7 Å². The summed E-state index contributed by atoms with van der Waals surface area (Å²) >= 11 is 0. The Bertz CT molecular complexity index is 1040. The van der Waals surface area contributed by atoms with E-state index in [4.69, 9.17) is 4.74 Å². The first-order valence-electron chi connectivity index (χ1n) is 10.8. The van der Waals surface area contributed by atoms with E-state index in [1.165, 1.54) is 0 Å². The number of likely N-dealkylation sites (tertiary alicyclic amines) is 1. The standard InChI is InChI=1S/C25H28N4O3/c1-28-18-20(16-23(28)24(30)26-17-19-8-4-2-5-9-19)27-25(31)29-14-12-22(13-15-29)32-21-10-6-3-7-11-21/h2-11,16,18,22H,12-15,17H2,1H3,(H,26,30)(H,27,31). The van der Waals surface area contributed by atoms with Crippen LogP contribution in [-0.4, -0.2) is 40.6 Å². The minimum atomic E-state index is -0.185. The lowest BCUT2D eigenvalue weighted by atomic mass is 10.1. The Kier molecular flexibility index (Phi) is 6.75. The number of aryl methyl sites for hydroxylation is 1. The Morgan fingerprint density at radius 3 is 2.34 bits per heavy atom. The Labute approximate surface area is 188 Å². The number of piperidine rings is 1. The van der Waals surface area contributed by atoms with Crippen molar-refractivity contribution in [3.05, 3.63) is 84.2 Å². The first kappa shape index (κ1) is 21.5. The molecule has 0 spiro atoms. The van der Waals surface area contributed by atoms with E-state index in [-0.39, 0.29) is 18.0 Å². The van der Waals surface area contributed by atoms with Gasteiger partial charge < -0.3 is 24.8 Å². The monoisotopic (exact) mass is 432 g/mol. The Hall–Kier alpha value is -3.74.